The van der Waals surface area contributed by atoms with E-state index in [4.69, 9.17) is 0 Å². The Labute approximate surface area is 93.0 Å². The average molecular weight is 229 g/mol. The minimum atomic E-state index is 0.459. The van der Waals surface area contributed by atoms with Crippen LogP contribution in [0.2, 0.25) is 0 Å². The molecule has 1 heterocycles. The Kier molecular flexibility index (Phi) is 4.97. The van der Waals surface area contributed by atoms with Crippen LogP contribution in [0.4, 0.5) is 5.13 Å². The van der Waals surface area contributed by atoms with E-state index >= 15 is 0 Å². The minimum absolute atomic E-state index is 0.459. The van der Waals surface area contributed by atoms with Gasteiger partial charge in [-0.1, -0.05) is 36.1 Å². The van der Waals surface area contributed by atoms with Crippen LogP contribution in [0.25, 0.3) is 0 Å². The lowest BCUT2D eigenvalue weighted by molar-refractivity contribution is 0.759. The highest BCUT2D eigenvalue weighted by Gasteiger charge is 2.05. The maximum atomic E-state index is 4.06. The Morgan fingerprint density at radius 2 is 2.43 bits per heavy atom. The van der Waals surface area contributed by atoms with Crippen molar-refractivity contribution >= 4 is 28.2 Å². The molecule has 0 spiro atoms. The van der Waals surface area contributed by atoms with Crippen LogP contribution in [0.1, 0.15) is 20.3 Å². The largest absolute Gasteiger partial charge is 0.358 e. The highest BCUT2D eigenvalue weighted by Crippen LogP contribution is 2.25. The smallest absolute Gasteiger partial charge is 0.206 e. The molecule has 0 amide bonds. The molecule has 3 nitrogen and oxygen atoms in total. The third-order valence-corrected chi connectivity index (χ3v) is 3.70. The topological polar surface area (TPSA) is 37.8 Å². The molecule has 1 N–H and O–H groups in total. The number of nitrogens with zero attached hydrogens (tertiary/aromatic N) is 2. The third-order valence-electron chi connectivity index (χ3n) is 1.71. The Hall–Kier alpha value is -0.550. The summed E-state index contributed by atoms with van der Waals surface area (Å²) in [4.78, 5) is 0. The molecule has 0 saturated heterocycles. The zero-order valence-electron chi connectivity index (χ0n) is 8.49. The summed E-state index contributed by atoms with van der Waals surface area (Å²) in [7, 11) is 0. The molecule has 0 aliphatic heterocycles. The first-order chi connectivity index (χ1) is 6.76. The molecule has 0 aromatic carbocycles. The quantitative estimate of drug-likeness (QED) is 0.601. The van der Waals surface area contributed by atoms with Gasteiger partial charge < -0.3 is 5.32 Å². The fourth-order valence-corrected chi connectivity index (χ4v) is 2.39. The van der Waals surface area contributed by atoms with E-state index in [1.807, 2.05) is 6.08 Å². The molecule has 0 bridgehead atoms. The lowest BCUT2D eigenvalue weighted by Gasteiger charge is -2.07. The number of thioether (sulfide) groups is 1. The highest BCUT2D eigenvalue weighted by molar-refractivity contribution is 8.01. The van der Waals surface area contributed by atoms with Gasteiger partial charge in [-0.25, -0.2) is 0 Å². The van der Waals surface area contributed by atoms with Gasteiger partial charge in [0.15, 0.2) is 4.34 Å². The molecule has 1 aromatic rings. The predicted molar refractivity (Wildman–Crippen MR) is 64.2 cm³/mol. The van der Waals surface area contributed by atoms with E-state index in [1.54, 1.807) is 23.1 Å². The maximum Gasteiger partial charge on any atom is 0.206 e. The SMILES string of the molecule is C=CCSc1nnc(NC(C)CC)s1. The Balaban J connectivity index is 2.46. The van der Waals surface area contributed by atoms with Crippen LogP contribution in [-0.4, -0.2) is 22.0 Å². The molecule has 1 atom stereocenters. The van der Waals surface area contributed by atoms with Crippen LogP contribution >= 0.6 is 23.1 Å². The van der Waals surface area contributed by atoms with Gasteiger partial charge in [0.1, 0.15) is 0 Å². The van der Waals surface area contributed by atoms with Gasteiger partial charge >= 0.3 is 0 Å². The summed E-state index contributed by atoms with van der Waals surface area (Å²) in [5.74, 6) is 0.887. The van der Waals surface area contributed by atoms with Gasteiger partial charge in [0.25, 0.3) is 0 Å². The van der Waals surface area contributed by atoms with Crippen LogP contribution in [0.15, 0.2) is 17.0 Å². The van der Waals surface area contributed by atoms with Gasteiger partial charge in [-0.3, -0.25) is 0 Å². The fraction of sp³-hybridized carbons (Fsp3) is 0.556. The summed E-state index contributed by atoms with van der Waals surface area (Å²) in [6, 6.07) is 0.459. The van der Waals surface area contributed by atoms with Crippen LogP contribution in [0, 0.1) is 0 Å². The van der Waals surface area contributed by atoms with Crippen molar-refractivity contribution in [2.75, 3.05) is 11.1 Å². The standard InChI is InChI=1S/C9H15N3S2/c1-4-6-13-9-12-11-8(14-9)10-7(3)5-2/h4,7H,1,5-6H2,2-3H3,(H,10,11). The molecule has 78 valence electrons. The molecular formula is C9H15N3S2. The molecule has 1 unspecified atom stereocenters. The summed E-state index contributed by atoms with van der Waals surface area (Å²) < 4.78 is 0.996. The molecule has 0 aliphatic carbocycles. The van der Waals surface area contributed by atoms with E-state index in [0.717, 1.165) is 21.6 Å². The first kappa shape index (κ1) is 11.5. The van der Waals surface area contributed by atoms with Gasteiger partial charge in [0.2, 0.25) is 5.13 Å². The van der Waals surface area contributed by atoms with Crippen molar-refractivity contribution in [1.29, 1.82) is 0 Å². The molecule has 14 heavy (non-hydrogen) atoms. The van der Waals surface area contributed by atoms with E-state index in [-0.39, 0.29) is 0 Å². The molecule has 1 rings (SSSR count). The Morgan fingerprint density at radius 3 is 3.07 bits per heavy atom. The molecule has 0 fully saturated rings. The number of hydrogen-bond acceptors (Lipinski definition) is 5. The van der Waals surface area contributed by atoms with Crippen molar-refractivity contribution in [1.82, 2.24) is 10.2 Å². The van der Waals surface area contributed by atoms with E-state index in [1.165, 1.54) is 0 Å². The molecular weight excluding hydrogens is 214 g/mol. The van der Waals surface area contributed by atoms with E-state index in [9.17, 15) is 0 Å². The summed E-state index contributed by atoms with van der Waals surface area (Å²) in [5, 5.41) is 12.3. The minimum Gasteiger partial charge on any atom is -0.358 e. The maximum absolute atomic E-state index is 4.06. The lowest BCUT2D eigenvalue weighted by atomic mass is 10.3. The second-order valence-electron chi connectivity index (χ2n) is 2.93. The van der Waals surface area contributed by atoms with Gasteiger partial charge in [0.05, 0.1) is 0 Å². The number of hydrogen-bond donors (Lipinski definition) is 1. The number of nitrogens with one attached hydrogen (secondary N) is 1. The van der Waals surface area contributed by atoms with Crippen molar-refractivity contribution in [2.24, 2.45) is 0 Å². The highest BCUT2D eigenvalue weighted by atomic mass is 32.2. The molecule has 5 heteroatoms. The van der Waals surface area contributed by atoms with Crippen molar-refractivity contribution in [3.63, 3.8) is 0 Å². The number of aromatic nitrogens is 2. The van der Waals surface area contributed by atoms with Gasteiger partial charge in [0, 0.05) is 11.8 Å². The van der Waals surface area contributed by atoms with Crippen LogP contribution in [0.3, 0.4) is 0 Å². The van der Waals surface area contributed by atoms with Crippen LogP contribution in [0.5, 0.6) is 0 Å². The monoisotopic (exact) mass is 229 g/mol. The number of rotatable bonds is 6. The Morgan fingerprint density at radius 1 is 1.64 bits per heavy atom. The second kappa shape index (κ2) is 6.03. The fourth-order valence-electron chi connectivity index (χ4n) is 0.769. The summed E-state index contributed by atoms with van der Waals surface area (Å²) in [6.07, 6.45) is 2.96. The molecule has 0 aliphatic rings. The van der Waals surface area contributed by atoms with Crippen LogP contribution in [-0.2, 0) is 0 Å². The van der Waals surface area contributed by atoms with E-state index in [2.05, 4.69) is 35.9 Å². The first-order valence-electron chi connectivity index (χ1n) is 4.60. The summed E-state index contributed by atoms with van der Waals surface area (Å²) >= 11 is 3.26. The lowest BCUT2D eigenvalue weighted by Crippen LogP contribution is -2.12. The first-order valence-corrected chi connectivity index (χ1v) is 6.40. The van der Waals surface area contributed by atoms with Crippen molar-refractivity contribution in [2.45, 2.75) is 30.6 Å². The van der Waals surface area contributed by atoms with Crippen LogP contribution < -0.4 is 5.32 Å². The predicted octanol–water partition coefficient (Wildman–Crippen LogP) is 3.03. The van der Waals surface area contributed by atoms with Crippen molar-refractivity contribution in [3.8, 4) is 0 Å². The van der Waals surface area contributed by atoms with Crippen molar-refractivity contribution < 1.29 is 0 Å². The normalized spacial score (nSPS) is 12.4. The second-order valence-corrected chi connectivity index (χ2v) is 5.17. The van der Waals surface area contributed by atoms with E-state index < -0.39 is 0 Å². The number of anilines is 1. The summed E-state index contributed by atoms with van der Waals surface area (Å²) in [5.41, 5.74) is 0. The van der Waals surface area contributed by atoms with Gasteiger partial charge in [-0.15, -0.1) is 16.8 Å². The van der Waals surface area contributed by atoms with Crippen molar-refractivity contribution in [3.05, 3.63) is 12.7 Å². The Bertz CT molecular complexity index is 285. The molecule has 0 saturated carbocycles. The van der Waals surface area contributed by atoms with E-state index in [0.29, 0.717) is 6.04 Å². The van der Waals surface area contributed by atoms with Gasteiger partial charge in [-0.2, -0.15) is 0 Å². The average Bonchev–Trinajstić information content (AvgIpc) is 2.62. The zero-order chi connectivity index (χ0) is 10.4. The third kappa shape index (κ3) is 3.67. The zero-order valence-corrected chi connectivity index (χ0v) is 10.1. The summed E-state index contributed by atoms with van der Waals surface area (Å²) in [6.45, 7) is 7.95. The molecule has 0 radical (unpaired) electrons. The van der Waals surface area contributed by atoms with Gasteiger partial charge in [-0.05, 0) is 13.3 Å². The molecule has 1 aromatic heterocycles.